The molecule has 1 aliphatic rings. The Labute approximate surface area is 102 Å². The molecule has 0 spiro atoms. The number of carbonyl (C=O) groups excluding carboxylic acids is 1. The Hall–Kier alpha value is -1.64. The van der Waals surface area contributed by atoms with Gasteiger partial charge in [-0.15, -0.1) is 0 Å². The van der Waals surface area contributed by atoms with E-state index in [4.69, 9.17) is 0 Å². The van der Waals surface area contributed by atoms with E-state index >= 15 is 0 Å². The zero-order chi connectivity index (χ0) is 12.1. The Morgan fingerprint density at radius 2 is 2.12 bits per heavy atom. The van der Waals surface area contributed by atoms with Crippen LogP contribution in [0.3, 0.4) is 0 Å². The van der Waals surface area contributed by atoms with E-state index in [9.17, 15) is 4.79 Å². The van der Waals surface area contributed by atoms with Crippen molar-refractivity contribution in [3.63, 3.8) is 0 Å². The zero-order valence-electron chi connectivity index (χ0n) is 10.2. The lowest BCUT2D eigenvalue weighted by atomic mass is 10.1. The number of fused-ring (bicyclic) bond motifs is 1. The summed E-state index contributed by atoms with van der Waals surface area (Å²) in [5, 5.41) is 0. The molecule has 0 radical (unpaired) electrons. The molecule has 3 heteroatoms. The maximum Gasteiger partial charge on any atom is 0.248 e. The van der Waals surface area contributed by atoms with Gasteiger partial charge < -0.3 is 4.90 Å². The monoisotopic (exact) mass is 230 g/mol. The molecule has 17 heavy (non-hydrogen) atoms. The van der Waals surface area contributed by atoms with Gasteiger partial charge in [0.05, 0.1) is 5.69 Å². The molecule has 0 fully saturated rings. The van der Waals surface area contributed by atoms with Crippen LogP contribution in [-0.2, 0) is 4.79 Å². The van der Waals surface area contributed by atoms with Crippen molar-refractivity contribution in [1.29, 1.82) is 0 Å². The number of unbranched alkanes of at least 4 members (excludes halogenated alkanes) is 2. The molecule has 1 aromatic rings. The Bertz CT molecular complexity index is 426. The number of para-hydroxylation sites is 1. The molecule has 1 heterocycles. The highest BCUT2D eigenvalue weighted by atomic mass is 16.2. The Balaban J connectivity index is 2.21. The maximum atomic E-state index is 12.0. The normalized spacial score (nSPS) is 14.6. The molecule has 0 aliphatic carbocycles. The molecule has 2 rings (SSSR count). The highest BCUT2D eigenvalue weighted by molar-refractivity contribution is 6.03. The van der Waals surface area contributed by atoms with Crippen molar-refractivity contribution in [2.75, 3.05) is 18.0 Å². The number of rotatable bonds is 4. The standard InChI is InChI=1S/C14H18N2O/c1-2-3-6-9-16-13-8-5-4-7-12(13)10-15-11-14(16)17/h4-5,7-8,10H,2-3,6,9,11H2,1H3. The number of hydrogen-bond donors (Lipinski definition) is 0. The summed E-state index contributed by atoms with van der Waals surface area (Å²) in [7, 11) is 0. The Kier molecular flexibility index (Phi) is 3.91. The first-order valence-corrected chi connectivity index (χ1v) is 6.22. The fraction of sp³-hybridized carbons (Fsp3) is 0.429. The van der Waals surface area contributed by atoms with Gasteiger partial charge in [-0.1, -0.05) is 38.0 Å². The summed E-state index contributed by atoms with van der Waals surface area (Å²) in [4.78, 5) is 18.0. The van der Waals surface area contributed by atoms with Gasteiger partial charge in [0.1, 0.15) is 6.54 Å². The van der Waals surface area contributed by atoms with Gasteiger partial charge in [0.15, 0.2) is 0 Å². The van der Waals surface area contributed by atoms with Crippen molar-refractivity contribution in [3.05, 3.63) is 29.8 Å². The Morgan fingerprint density at radius 3 is 2.94 bits per heavy atom. The van der Waals surface area contributed by atoms with Crippen LogP contribution >= 0.6 is 0 Å². The lowest BCUT2D eigenvalue weighted by Gasteiger charge is -2.22. The van der Waals surface area contributed by atoms with E-state index in [-0.39, 0.29) is 12.5 Å². The average Bonchev–Trinajstić information content (AvgIpc) is 2.50. The molecule has 1 aliphatic heterocycles. The van der Waals surface area contributed by atoms with E-state index in [1.807, 2.05) is 29.2 Å². The number of benzodiazepines with no additional fused rings is 1. The van der Waals surface area contributed by atoms with Crippen LogP contribution in [0, 0.1) is 0 Å². The molecule has 0 unspecified atom stereocenters. The number of nitrogens with zero attached hydrogens (tertiary/aromatic N) is 2. The van der Waals surface area contributed by atoms with E-state index in [0.717, 1.165) is 30.6 Å². The SMILES string of the molecule is CCCCCN1C(=O)CN=Cc2ccccc21. The number of anilines is 1. The smallest absolute Gasteiger partial charge is 0.248 e. The summed E-state index contributed by atoms with van der Waals surface area (Å²) in [6.07, 6.45) is 5.18. The van der Waals surface area contributed by atoms with Gasteiger partial charge in [0.2, 0.25) is 5.91 Å². The first kappa shape index (κ1) is 11.8. The predicted octanol–water partition coefficient (Wildman–Crippen LogP) is 2.64. The minimum absolute atomic E-state index is 0.0994. The van der Waals surface area contributed by atoms with Gasteiger partial charge in [-0.05, 0) is 12.5 Å². The Morgan fingerprint density at radius 1 is 1.29 bits per heavy atom. The molecule has 1 aromatic carbocycles. The molecular weight excluding hydrogens is 212 g/mol. The van der Waals surface area contributed by atoms with Crippen LogP contribution in [0.25, 0.3) is 0 Å². The van der Waals surface area contributed by atoms with Crippen LogP contribution in [0.15, 0.2) is 29.3 Å². The van der Waals surface area contributed by atoms with Crippen LogP contribution in [0.4, 0.5) is 5.69 Å². The van der Waals surface area contributed by atoms with E-state index in [1.165, 1.54) is 6.42 Å². The van der Waals surface area contributed by atoms with Gasteiger partial charge in [0.25, 0.3) is 0 Å². The van der Waals surface area contributed by atoms with Crippen LogP contribution in [0.1, 0.15) is 31.7 Å². The zero-order valence-corrected chi connectivity index (χ0v) is 10.2. The minimum atomic E-state index is 0.0994. The number of hydrogen-bond acceptors (Lipinski definition) is 2. The third kappa shape index (κ3) is 2.73. The topological polar surface area (TPSA) is 32.7 Å². The fourth-order valence-corrected chi connectivity index (χ4v) is 2.05. The molecule has 0 saturated carbocycles. The van der Waals surface area contributed by atoms with Crippen LogP contribution < -0.4 is 4.90 Å². The van der Waals surface area contributed by atoms with Crippen molar-refractivity contribution in [2.24, 2.45) is 4.99 Å². The van der Waals surface area contributed by atoms with Gasteiger partial charge in [-0.3, -0.25) is 9.79 Å². The second-order valence-electron chi connectivity index (χ2n) is 4.28. The minimum Gasteiger partial charge on any atom is -0.310 e. The number of aliphatic imine (C=N–C) groups is 1. The lowest BCUT2D eigenvalue weighted by molar-refractivity contribution is -0.117. The summed E-state index contributed by atoms with van der Waals surface area (Å²) in [5.41, 5.74) is 2.03. The number of carbonyl (C=O) groups is 1. The average molecular weight is 230 g/mol. The van der Waals surface area contributed by atoms with Crippen LogP contribution in [0.2, 0.25) is 0 Å². The first-order chi connectivity index (χ1) is 8.33. The van der Waals surface area contributed by atoms with Crippen molar-refractivity contribution >= 4 is 17.8 Å². The summed E-state index contributed by atoms with van der Waals surface area (Å²) in [6, 6.07) is 7.95. The summed E-state index contributed by atoms with van der Waals surface area (Å²) >= 11 is 0. The van der Waals surface area contributed by atoms with Gasteiger partial charge in [-0.2, -0.15) is 0 Å². The summed E-state index contributed by atoms with van der Waals surface area (Å²) in [5.74, 6) is 0.0994. The van der Waals surface area contributed by atoms with E-state index < -0.39 is 0 Å². The first-order valence-electron chi connectivity index (χ1n) is 6.22. The molecular formula is C14H18N2O. The summed E-state index contributed by atoms with van der Waals surface area (Å²) in [6.45, 7) is 3.23. The van der Waals surface area contributed by atoms with Crippen molar-refractivity contribution in [2.45, 2.75) is 26.2 Å². The molecule has 0 saturated heterocycles. The number of amides is 1. The highest BCUT2D eigenvalue weighted by Gasteiger charge is 2.19. The quantitative estimate of drug-likeness (QED) is 0.732. The molecule has 3 nitrogen and oxygen atoms in total. The third-order valence-corrected chi connectivity index (χ3v) is 2.97. The second kappa shape index (κ2) is 5.62. The molecule has 1 amide bonds. The summed E-state index contributed by atoms with van der Waals surface area (Å²) < 4.78 is 0. The molecule has 0 atom stereocenters. The van der Waals surface area contributed by atoms with Crippen molar-refractivity contribution < 1.29 is 4.79 Å². The largest absolute Gasteiger partial charge is 0.310 e. The van der Waals surface area contributed by atoms with Crippen LogP contribution in [0.5, 0.6) is 0 Å². The molecule has 0 N–H and O–H groups in total. The van der Waals surface area contributed by atoms with E-state index in [2.05, 4.69) is 11.9 Å². The molecule has 0 bridgehead atoms. The third-order valence-electron chi connectivity index (χ3n) is 2.97. The van der Waals surface area contributed by atoms with Gasteiger partial charge >= 0.3 is 0 Å². The van der Waals surface area contributed by atoms with Crippen molar-refractivity contribution in [1.82, 2.24) is 0 Å². The van der Waals surface area contributed by atoms with Crippen molar-refractivity contribution in [3.8, 4) is 0 Å². The highest BCUT2D eigenvalue weighted by Crippen LogP contribution is 2.21. The van der Waals surface area contributed by atoms with Crippen LogP contribution in [-0.4, -0.2) is 25.2 Å². The van der Waals surface area contributed by atoms with E-state index in [0.29, 0.717) is 0 Å². The maximum absolute atomic E-state index is 12.0. The predicted molar refractivity (Wildman–Crippen MR) is 70.8 cm³/mol. The second-order valence-corrected chi connectivity index (χ2v) is 4.28. The van der Waals surface area contributed by atoms with Gasteiger partial charge in [0, 0.05) is 18.3 Å². The molecule has 90 valence electrons. The molecule has 0 aromatic heterocycles. The number of benzene rings is 1. The lowest BCUT2D eigenvalue weighted by Crippen LogP contribution is -2.33. The van der Waals surface area contributed by atoms with E-state index in [1.54, 1.807) is 6.21 Å². The van der Waals surface area contributed by atoms with Gasteiger partial charge in [-0.25, -0.2) is 0 Å². The fourth-order valence-electron chi connectivity index (χ4n) is 2.05.